The van der Waals surface area contributed by atoms with Gasteiger partial charge in [-0.05, 0) is 18.2 Å². The van der Waals surface area contributed by atoms with Gasteiger partial charge in [0, 0.05) is 19.0 Å². The van der Waals surface area contributed by atoms with Crippen LogP contribution < -0.4 is 16.0 Å². The molecule has 0 aliphatic carbocycles. The second kappa shape index (κ2) is 7.85. The lowest BCUT2D eigenvalue weighted by molar-refractivity contribution is -0.123. The zero-order chi connectivity index (χ0) is 15.8. The number of rotatable bonds is 5. The highest BCUT2D eigenvalue weighted by atomic mass is 19.1. The average Bonchev–Trinajstić information content (AvgIpc) is 2.45. The molecule has 6 nitrogen and oxygen atoms in total. The summed E-state index contributed by atoms with van der Waals surface area (Å²) in [4.78, 5) is 22.9. The van der Waals surface area contributed by atoms with E-state index in [1.54, 1.807) is 19.9 Å². The lowest BCUT2D eigenvalue weighted by atomic mass is 10.2. The number of anilines is 1. The van der Waals surface area contributed by atoms with Gasteiger partial charge in [0.2, 0.25) is 5.91 Å². The van der Waals surface area contributed by atoms with E-state index >= 15 is 0 Å². The summed E-state index contributed by atoms with van der Waals surface area (Å²) in [6, 6.07) is 4.77. The van der Waals surface area contributed by atoms with Crippen LogP contribution in [0, 0.1) is 23.1 Å². The Kier molecular flexibility index (Phi) is 6.14. The van der Waals surface area contributed by atoms with Crippen LogP contribution in [-0.2, 0) is 4.79 Å². The van der Waals surface area contributed by atoms with Gasteiger partial charge >= 0.3 is 6.03 Å². The largest absolute Gasteiger partial charge is 0.354 e. The number of hydrogen-bond donors (Lipinski definition) is 3. The second-order valence-corrected chi connectivity index (χ2v) is 4.63. The third-order valence-electron chi connectivity index (χ3n) is 2.58. The Morgan fingerprint density at radius 1 is 1.29 bits per heavy atom. The van der Waals surface area contributed by atoms with Crippen LogP contribution in [0.15, 0.2) is 18.2 Å². The first kappa shape index (κ1) is 16.4. The van der Waals surface area contributed by atoms with Gasteiger partial charge in [-0.1, -0.05) is 13.8 Å². The molecular weight excluding hydrogens is 275 g/mol. The second-order valence-electron chi connectivity index (χ2n) is 4.63. The van der Waals surface area contributed by atoms with E-state index in [1.807, 2.05) is 0 Å². The van der Waals surface area contributed by atoms with Crippen molar-refractivity contribution in [2.24, 2.45) is 5.92 Å². The van der Waals surface area contributed by atoms with E-state index in [-0.39, 0.29) is 29.6 Å². The summed E-state index contributed by atoms with van der Waals surface area (Å²) >= 11 is 0. The van der Waals surface area contributed by atoms with E-state index < -0.39 is 11.8 Å². The molecule has 0 unspecified atom stereocenters. The standard InChI is InChI=1S/C14H17FN4O2/c1-9(2)13(20)17-5-6-18-14(21)19-12-4-3-11(15)7-10(12)8-16/h3-4,7,9H,5-6H2,1-2H3,(H,17,20)(H2,18,19,21). The van der Waals surface area contributed by atoms with Crippen LogP contribution in [0.5, 0.6) is 0 Å². The predicted molar refractivity (Wildman–Crippen MR) is 76.0 cm³/mol. The third kappa shape index (κ3) is 5.48. The quantitative estimate of drug-likeness (QED) is 0.719. The van der Waals surface area contributed by atoms with Crippen molar-refractivity contribution in [2.45, 2.75) is 13.8 Å². The molecule has 1 aromatic rings. The number of nitriles is 1. The molecule has 0 spiro atoms. The SMILES string of the molecule is CC(C)C(=O)NCCNC(=O)Nc1ccc(F)cc1C#N. The van der Waals surface area contributed by atoms with E-state index in [4.69, 9.17) is 5.26 Å². The lowest BCUT2D eigenvalue weighted by Crippen LogP contribution is -2.38. The molecule has 0 heterocycles. The Morgan fingerprint density at radius 3 is 2.57 bits per heavy atom. The zero-order valence-electron chi connectivity index (χ0n) is 11.9. The van der Waals surface area contributed by atoms with Crippen molar-refractivity contribution < 1.29 is 14.0 Å². The van der Waals surface area contributed by atoms with Crippen LogP contribution in [0.4, 0.5) is 14.9 Å². The van der Waals surface area contributed by atoms with Crippen molar-refractivity contribution in [1.82, 2.24) is 10.6 Å². The molecule has 3 N–H and O–H groups in total. The fourth-order valence-electron chi connectivity index (χ4n) is 1.45. The topological polar surface area (TPSA) is 94.0 Å². The molecule has 21 heavy (non-hydrogen) atoms. The van der Waals surface area contributed by atoms with Crippen molar-refractivity contribution in [2.75, 3.05) is 18.4 Å². The van der Waals surface area contributed by atoms with Crippen LogP contribution in [0.25, 0.3) is 0 Å². The molecule has 1 aromatic carbocycles. The van der Waals surface area contributed by atoms with Gasteiger partial charge in [0.1, 0.15) is 11.9 Å². The lowest BCUT2D eigenvalue weighted by Gasteiger charge is -2.10. The summed E-state index contributed by atoms with van der Waals surface area (Å²) in [5.74, 6) is -0.757. The molecule has 0 aliphatic heterocycles. The minimum atomic E-state index is -0.547. The molecule has 7 heteroatoms. The first-order valence-electron chi connectivity index (χ1n) is 6.46. The van der Waals surface area contributed by atoms with Crippen LogP contribution in [0.1, 0.15) is 19.4 Å². The van der Waals surface area contributed by atoms with Gasteiger partial charge < -0.3 is 16.0 Å². The monoisotopic (exact) mass is 292 g/mol. The molecule has 0 saturated carbocycles. The van der Waals surface area contributed by atoms with E-state index in [9.17, 15) is 14.0 Å². The molecule has 1 rings (SSSR count). The van der Waals surface area contributed by atoms with E-state index in [0.29, 0.717) is 6.54 Å². The van der Waals surface area contributed by atoms with Gasteiger partial charge in [0.15, 0.2) is 0 Å². The molecular formula is C14H17FN4O2. The Bertz CT molecular complexity index is 567. The Labute approximate surface area is 122 Å². The number of benzene rings is 1. The molecule has 0 atom stereocenters. The number of halogens is 1. The number of hydrogen-bond acceptors (Lipinski definition) is 3. The number of carbonyl (C=O) groups excluding carboxylic acids is 2. The first-order valence-corrected chi connectivity index (χ1v) is 6.46. The van der Waals surface area contributed by atoms with E-state index in [1.165, 1.54) is 6.07 Å². The number of carbonyl (C=O) groups is 2. The average molecular weight is 292 g/mol. The van der Waals surface area contributed by atoms with Crippen LogP contribution in [0.3, 0.4) is 0 Å². The highest BCUT2D eigenvalue weighted by Crippen LogP contribution is 2.15. The van der Waals surface area contributed by atoms with Gasteiger partial charge in [-0.2, -0.15) is 5.26 Å². The maximum atomic E-state index is 12.9. The minimum Gasteiger partial charge on any atom is -0.354 e. The number of nitrogens with one attached hydrogen (secondary N) is 3. The molecule has 3 amide bonds. The van der Waals surface area contributed by atoms with Crippen molar-refractivity contribution in [3.8, 4) is 6.07 Å². The fraction of sp³-hybridized carbons (Fsp3) is 0.357. The summed E-state index contributed by atoms with van der Waals surface area (Å²) in [5.41, 5.74) is 0.265. The smallest absolute Gasteiger partial charge is 0.319 e. The predicted octanol–water partition coefficient (Wildman–Crippen LogP) is 1.59. The van der Waals surface area contributed by atoms with Gasteiger partial charge in [-0.3, -0.25) is 4.79 Å². The molecule has 0 aliphatic rings. The fourth-order valence-corrected chi connectivity index (χ4v) is 1.45. The van der Waals surface area contributed by atoms with Gasteiger partial charge in [-0.15, -0.1) is 0 Å². The van der Waals surface area contributed by atoms with Crippen LogP contribution in [0.2, 0.25) is 0 Å². The van der Waals surface area contributed by atoms with Crippen molar-refractivity contribution in [1.29, 1.82) is 5.26 Å². The summed E-state index contributed by atoms with van der Waals surface area (Å²) in [7, 11) is 0. The molecule has 0 fully saturated rings. The Balaban J connectivity index is 2.41. The summed E-state index contributed by atoms with van der Waals surface area (Å²) in [5, 5.41) is 16.5. The van der Waals surface area contributed by atoms with Crippen LogP contribution >= 0.6 is 0 Å². The highest BCUT2D eigenvalue weighted by Gasteiger charge is 2.08. The minimum absolute atomic E-state index is 0.0401. The molecule has 0 radical (unpaired) electrons. The molecule has 0 saturated heterocycles. The van der Waals surface area contributed by atoms with E-state index in [0.717, 1.165) is 12.1 Å². The molecule has 0 aromatic heterocycles. The normalized spacial score (nSPS) is 9.86. The van der Waals surface area contributed by atoms with Gasteiger partial charge in [0.25, 0.3) is 0 Å². The summed E-state index contributed by atoms with van der Waals surface area (Å²) in [6.45, 7) is 4.09. The molecule has 0 bridgehead atoms. The Morgan fingerprint density at radius 2 is 1.95 bits per heavy atom. The van der Waals surface area contributed by atoms with Crippen molar-refractivity contribution in [3.05, 3.63) is 29.6 Å². The number of amides is 3. The highest BCUT2D eigenvalue weighted by molar-refractivity contribution is 5.90. The van der Waals surface area contributed by atoms with E-state index in [2.05, 4.69) is 16.0 Å². The summed E-state index contributed by atoms with van der Waals surface area (Å²) < 4.78 is 12.9. The number of nitrogens with zero attached hydrogens (tertiary/aromatic N) is 1. The van der Waals surface area contributed by atoms with Gasteiger partial charge in [0.05, 0.1) is 11.3 Å². The molecule has 112 valence electrons. The first-order chi connectivity index (χ1) is 9.93. The van der Waals surface area contributed by atoms with Crippen molar-refractivity contribution >= 4 is 17.6 Å². The van der Waals surface area contributed by atoms with Crippen molar-refractivity contribution in [3.63, 3.8) is 0 Å². The summed E-state index contributed by atoms with van der Waals surface area (Å²) in [6.07, 6.45) is 0. The van der Waals surface area contributed by atoms with Crippen LogP contribution in [-0.4, -0.2) is 25.0 Å². The van der Waals surface area contributed by atoms with Gasteiger partial charge in [-0.25, -0.2) is 9.18 Å². The Hall–Kier alpha value is -2.62. The maximum Gasteiger partial charge on any atom is 0.319 e. The zero-order valence-corrected chi connectivity index (χ0v) is 11.9. The number of urea groups is 1. The third-order valence-corrected chi connectivity index (χ3v) is 2.58. The maximum absolute atomic E-state index is 12.9.